The molecule has 7 heteroatoms. The molecule has 1 saturated carbocycles. The van der Waals surface area contributed by atoms with Gasteiger partial charge in [0.1, 0.15) is 11.3 Å². The van der Waals surface area contributed by atoms with Crippen LogP contribution in [0.1, 0.15) is 12.8 Å². The normalized spacial score (nSPS) is 17.4. The molecule has 0 unspecified atom stereocenters. The number of fused-ring (bicyclic) bond motifs is 3. The average molecular weight is 415 g/mol. The predicted octanol–water partition coefficient (Wildman–Crippen LogP) is 4.15. The van der Waals surface area contributed by atoms with Crippen LogP contribution in [-0.2, 0) is 0 Å². The number of rotatable bonds is 5. The second-order valence-corrected chi connectivity index (χ2v) is 8.42. The van der Waals surface area contributed by atoms with Gasteiger partial charge >= 0.3 is 0 Å². The molecule has 7 nitrogen and oxygen atoms in total. The standard InChI is InChI=1S/C24H26N6O/c1-31-19-8-9-20-21-15-25-28-23(21)24(27-22(20)14-19)26-16-2-4-17(5-3-16)29-10-12-30(13-11-29)18-6-7-18/h2-5,8-9,14-15,18H,6-7,10-13H2,1H3,(H,25,28)(H,26,27). The Morgan fingerprint density at radius 2 is 1.81 bits per heavy atom. The van der Waals surface area contributed by atoms with Gasteiger partial charge in [-0.1, -0.05) is 0 Å². The first-order valence-corrected chi connectivity index (χ1v) is 11.0. The fraction of sp³-hybridized carbons (Fsp3) is 0.333. The molecule has 158 valence electrons. The van der Waals surface area contributed by atoms with Crippen LogP contribution in [0.3, 0.4) is 0 Å². The maximum atomic E-state index is 5.38. The van der Waals surface area contributed by atoms with Crippen LogP contribution in [-0.4, -0.2) is 59.4 Å². The number of piperazine rings is 1. The van der Waals surface area contributed by atoms with E-state index in [1.165, 1.54) is 31.6 Å². The third-order valence-corrected chi connectivity index (χ3v) is 6.46. The molecule has 0 amide bonds. The van der Waals surface area contributed by atoms with Crippen LogP contribution in [0.25, 0.3) is 21.8 Å². The monoisotopic (exact) mass is 414 g/mol. The zero-order valence-corrected chi connectivity index (χ0v) is 17.6. The van der Waals surface area contributed by atoms with E-state index in [4.69, 9.17) is 9.72 Å². The lowest BCUT2D eigenvalue weighted by Gasteiger charge is -2.36. The fourth-order valence-corrected chi connectivity index (χ4v) is 4.57. The second kappa shape index (κ2) is 7.42. The summed E-state index contributed by atoms with van der Waals surface area (Å²) < 4.78 is 5.38. The van der Waals surface area contributed by atoms with Crippen molar-refractivity contribution in [2.75, 3.05) is 43.5 Å². The quantitative estimate of drug-likeness (QED) is 0.511. The molecule has 3 heterocycles. The Hall–Kier alpha value is -3.32. The molecular formula is C24H26N6O. The molecule has 4 aromatic rings. The summed E-state index contributed by atoms with van der Waals surface area (Å²) in [6, 6.07) is 15.4. The Kier molecular flexibility index (Phi) is 4.42. The van der Waals surface area contributed by atoms with Gasteiger partial charge in [0.2, 0.25) is 0 Å². The Bertz CT molecular complexity index is 1220. The smallest absolute Gasteiger partial charge is 0.159 e. The molecule has 2 aliphatic rings. The topological polar surface area (TPSA) is 69.3 Å². The largest absolute Gasteiger partial charge is 0.497 e. The van der Waals surface area contributed by atoms with Crippen molar-refractivity contribution < 1.29 is 4.74 Å². The third kappa shape index (κ3) is 3.45. The van der Waals surface area contributed by atoms with Crippen molar-refractivity contribution in [1.82, 2.24) is 20.1 Å². The van der Waals surface area contributed by atoms with Crippen molar-refractivity contribution in [3.05, 3.63) is 48.7 Å². The highest BCUT2D eigenvalue weighted by Crippen LogP contribution is 2.32. The maximum absolute atomic E-state index is 5.38. The minimum atomic E-state index is 0.739. The number of methoxy groups -OCH3 is 1. The molecule has 2 aromatic carbocycles. The van der Waals surface area contributed by atoms with Crippen LogP contribution >= 0.6 is 0 Å². The number of H-pyrrole nitrogens is 1. The summed E-state index contributed by atoms with van der Waals surface area (Å²) >= 11 is 0. The summed E-state index contributed by atoms with van der Waals surface area (Å²) in [5.74, 6) is 1.53. The lowest BCUT2D eigenvalue weighted by atomic mass is 10.1. The Balaban J connectivity index is 1.24. The van der Waals surface area contributed by atoms with Gasteiger partial charge in [-0.05, 0) is 49.2 Å². The van der Waals surface area contributed by atoms with Crippen LogP contribution in [0.15, 0.2) is 48.7 Å². The molecular weight excluding hydrogens is 388 g/mol. The average Bonchev–Trinajstić information content (AvgIpc) is 3.55. The first-order valence-electron chi connectivity index (χ1n) is 11.0. The highest BCUT2D eigenvalue weighted by Gasteiger charge is 2.31. The Morgan fingerprint density at radius 3 is 2.55 bits per heavy atom. The first kappa shape index (κ1) is 18.4. The van der Waals surface area contributed by atoms with Crippen molar-refractivity contribution >= 4 is 39.0 Å². The number of aromatic nitrogens is 3. The molecule has 31 heavy (non-hydrogen) atoms. The first-order chi connectivity index (χ1) is 15.3. The predicted molar refractivity (Wildman–Crippen MR) is 124 cm³/mol. The van der Waals surface area contributed by atoms with Gasteiger partial charge in [-0.3, -0.25) is 10.00 Å². The van der Waals surface area contributed by atoms with E-state index in [0.717, 1.165) is 58.2 Å². The van der Waals surface area contributed by atoms with Crippen LogP contribution in [0.2, 0.25) is 0 Å². The number of ether oxygens (including phenoxy) is 1. The maximum Gasteiger partial charge on any atom is 0.159 e. The highest BCUT2D eigenvalue weighted by atomic mass is 16.5. The van der Waals surface area contributed by atoms with Gasteiger partial charge < -0.3 is 15.0 Å². The van der Waals surface area contributed by atoms with Crippen molar-refractivity contribution in [2.45, 2.75) is 18.9 Å². The van der Waals surface area contributed by atoms with E-state index in [1.54, 1.807) is 7.11 Å². The number of aromatic amines is 1. The van der Waals surface area contributed by atoms with Crippen LogP contribution < -0.4 is 15.0 Å². The van der Waals surface area contributed by atoms with Gasteiger partial charge in [-0.15, -0.1) is 0 Å². The molecule has 1 aliphatic carbocycles. The molecule has 6 rings (SSSR count). The van der Waals surface area contributed by atoms with Crippen molar-refractivity contribution in [1.29, 1.82) is 0 Å². The molecule has 0 bridgehead atoms. The van der Waals surface area contributed by atoms with Crippen molar-refractivity contribution in [3.63, 3.8) is 0 Å². The summed E-state index contributed by atoms with van der Waals surface area (Å²) in [5, 5.41) is 13.0. The van der Waals surface area contributed by atoms with E-state index in [2.05, 4.69) is 49.6 Å². The molecule has 2 aromatic heterocycles. The Morgan fingerprint density at radius 1 is 1.00 bits per heavy atom. The minimum Gasteiger partial charge on any atom is -0.497 e. The molecule has 2 N–H and O–H groups in total. The summed E-state index contributed by atoms with van der Waals surface area (Å²) in [7, 11) is 1.67. The van der Waals surface area contributed by atoms with Gasteiger partial charge in [0.25, 0.3) is 0 Å². The highest BCUT2D eigenvalue weighted by molar-refractivity contribution is 6.09. The number of hydrogen-bond acceptors (Lipinski definition) is 6. The van der Waals surface area contributed by atoms with Gasteiger partial charge in [0, 0.05) is 66.6 Å². The molecule has 1 aliphatic heterocycles. The van der Waals surface area contributed by atoms with Gasteiger partial charge in [-0.2, -0.15) is 5.10 Å². The molecule has 1 saturated heterocycles. The number of benzene rings is 2. The molecule has 0 spiro atoms. The van der Waals surface area contributed by atoms with Crippen LogP contribution in [0, 0.1) is 0 Å². The van der Waals surface area contributed by atoms with E-state index in [1.807, 2.05) is 24.4 Å². The summed E-state index contributed by atoms with van der Waals surface area (Å²) in [4.78, 5) is 9.96. The van der Waals surface area contributed by atoms with Crippen LogP contribution in [0.5, 0.6) is 5.75 Å². The van der Waals surface area contributed by atoms with Gasteiger partial charge in [0.15, 0.2) is 5.82 Å². The zero-order valence-electron chi connectivity index (χ0n) is 17.6. The lowest BCUT2D eigenvalue weighted by molar-refractivity contribution is 0.248. The summed E-state index contributed by atoms with van der Waals surface area (Å²) in [6.45, 7) is 4.55. The third-order valence-electron chi connectivity index (χ3n) is 6.46. The number of anilines is 3. The molecule has 0 radical (unpaired) electrons. The van der Waals surface area contributed by atoms with E-state index < -0.39 is 0 Å². The number of nitrogens with zero attached hydrogens (tertiary/aromatic N) is 4. The van der Waals surface area contributed by atoms with Crippen molar-refractivity contribution in [3.8, 4) is 5.75 Å². The molecule has 0 atom stereocenters. The number of nitrogens with one attached hydrogen (secondary N) is 2. The second-order valence-electron chi connectivity index (χ2n) is 8.42. The number of hydrogen-bond donors (Lipinski definition) is 2. The minimum absolute atomic E-state index is 0.739. The van der Waals surface area contributed by atoms with E-state index >= 15 is 0 Å². The van der Waals surface area contributed by atoms with Crippen LogP contribution in [0.4, 0.5) is 17.2 Å². The zero-order chi connectivity index (χ0) is 20.8. The van der Waals surface area contributed by atoms with Crippen molar-refractivity contribution in [2.24, 2.45) is 0 Å². The fourth-order valence-electron chi connectivity index (χ4n) is 4.57. The van der Waals surface area contributed by atoms with E-state index in [-0.39, 0.29) is 0 Å². The van der Waals surface area contributed by atoms with E-state index in [9.17, 15) is 0 Å². The Labute approximate surface area is 181 Å². The lowest BCUT2D eigenvalue weighted by Crippen LogP contribution is -2.47. The number of pyridine rings is 1. The van der Waals surface area contributed by atoms with E-state index in [0.29, 0.717) is 0 Å². The summed E-state index contributed by atoms with van der Waals surface area (Å²) in [6.07, 6.45) is 4.69. The molecule has 2 fully saturated rings. The van der Waals surface area contributed by atoms with Gasteiger partial charge in [0.05, 0.1) is 12.6 Å². The SMILES string of the molecule is COc1ccc2c(c1)nc(Nc1ccc(N3CCN(C4CC4)CC3)cc1)c1n[nH]cc12. The van der Waals surface area contributed by atoms with Gasteiger partial charge in [-0.25, -0.2) is 4.98 Å². The summed E-state index contributed by atoms with van der Waals surface area (Å²) in [5.41, 5.74) is 3.99.